The van der Waals surface area contributed by atoms with Crippen molar-refractivity contribution in [3.05, 3.63) is 34.9 Å². The average Bonchev–Trinajstić information content (AvgIpc) is 2.29. The summed E-state index contributed by atoms with van der Waals surface area (Å²) in [5, 5.41) is 0. The van der Waals surface area contributed by atoms with E-state index in [2.05, 4.69) is 0 Å². The fourth-order valence-corrected chi connectivity index (χ4v) is 2.12. The van der Waals surface area contributed by atoms with Crippen LogP contribution in [0.2, 0.25) is 0 Å². The van der Waals surface area contributed by atoms with E-state index in [0.717, 1.165) is 0 Å². The Morgan fingerprint density at radius 1 is 0.500 bits per heavy atom. The molecule has 0 atom stereocenters. The summed E-state index contributed by atoms with van der Waals surface area (Å²) in [5.74, 6) is 0. The lowest BCUT2D eigenvalue weighted by molar-refractivity contribution is -0.348. The minimum Gasteiger partial charge on any atom is -0.218 e. The second kappa shape index (κ2) is 6.48. The van der Waals surface area contributed by atoms with Gasteiger partial charge in [-0.15, -0.1) is 0 Å². The zero-order valence-corrected chi connectivity index (χ0v) is 12.1. The van der Waals surface area contributed by atoms with Crippen LogP contribution in [0.25, 0.3) is 0 Å². The van der Waals surface area contributed by atoms with Crippen LogP contribution in [-0.4, -0.2) is 24.7 Å². The molecule has 26 heavy (non-hydrogen) atoms. The Labute approximate surface area is 136 Å². The van der Waals surface area contributed by atoms with Gasteiger partial charge in [-0.05, 0) is 11.1 Å². The molecule has 0 aromatic heterocycles. The molecule has 0 aliphatic carbocycles. The van der Waals surface area contributed by atoms with Gasteiger partial charge in [0.25, 0.3) is 0 Å². The van der Waals surface area contributed by atoms with Crippen molar-refractivity contribution in [2.75, 3.05) is 0 Å². The van der Waals surface area contributed by atoms with Gasteiger partial charge in [-0.25, -0.2) is 4.39 Å². The summed E-state index contributed by atoms with van der Waals surface area (Å²) in [4.78, 5) is 0. The fourth-order valence-electron chi connectivity index (χ4n) is 2.12. The first kappa shape index (κ1) is 22.4. The summed E-state index contributed by atoms with van der Waals surface area (Å²) in [6.07, 6.45) is -27.9. The quantitative estimate of drug-likeness (QED) is 0.522. The molecule has 1 aromatic rings. The van der Waals surface area contributed by atoms with Gasteiger partial charge in [0.2, 0.25) is 0 Å². The third kappa shape index (κ3) is 5.16. The smallest absolute Gasteiger partial charge is 0.218 e. The molecule has 0 saturated heterocycles. The van der Waals surface area contributed by atoms with E-state index < -0.39 is 72.0 Å². The Kier molecular flexibility index (Phi) is 5.57. The molecule has 0 radical (unpaired) electrons. The van der Waals surface area contributed by atoms with Crippen molar-refractivity contribution >= 4 is 0 Å². The van der Waals surface area contributed by atoms with Crippen LogP contribution < -0.4 is 0 Å². The predicted octanol–water partition coefficient (Wildman–Crippen LogP) is 6.19. The third-order valence-electron chi connectivity index (χ3n) is 3.04. The molecule has 150 valence electrons. The molecule has 1 rings (SSSR count). The average molecular weight is 410 g/mol. The molecule has 0 aliphatic heterocycles. The Balaban J connectivity index is 3.67. The van der Waals surface area contributed by atoms with Gasteiger partial charge in [0.15, 0.2) is 0 Å². The van der Waals surface area contributed by atoms with Gasteiger partial charge in [-0.1, -0.05) is 18.2 Å². The van der Waals surface area contributed by atoms with Crippen molar-refractivity contribution in [1.82, 2.24) is 0 Å². The standard InChI is InChI=1S/C13H7F13/c14-9(15,16)4-6-1-7(5-10(17,18)19)3-8(2-6)11(20,12(21,22)23)13(24,25)26/h1-3H,4-5H2. The van der Waals surface area contributed by atoms with Gasteiger partial charge < -0.3 is 0 Å². The molecule has 0 aliphatic rings. The highest BCUT2D eigenvalue weighted by molar-refractivity contribution is 5.37. The predicted molar refractivity (Wildman–Crippen MR) is 60.9 cm³/mol. The molecule has 0 unspecified atom stereocenters. The largest absolute Gasteiger partial charge is 0.435 e. The number of benzene rings is 1. The highest BCUT2D eigenvalue weighted by atomic mass is 19.4. The van der Waals surface area contributed by atoms with Gasteiger partial charge in [0.1, 0.15) is 0 Å². The van der Waals surface area contributed by atoms with E-state index in [1.807, 2.05) is 0 Å². The highest BCUT2D eigenvalue weighted by Crippen LogP contribution is 2.53. The van der Waals surface area contributed by atoms with Crippen LogP contribution in [0.4, 0.5) is 57.1 Å². The zero-order valence-electron chi connectivity index (χ0n) is 12.1. The van der Waals surface area contributed by atoms with Crippen LogP contribution in [0.1, 0.15) is 16.7 Å². The van der Waals surface area contributed by atoms with Crippen LogP contribution in [0.15, 0.2) is 18.2 Å². The van der Waals surface area contributed by atoms with Gasteiger partial charge in [-0.2, -0.15) is 52.7 Å². The van der Waals surface area contributed by atoms with E-state index in [-0.39, 0.29) is 6.07 Å². The van der Waals surface area contributed by atoms with E-state index in [9.17, 15) is 57.1 Å². The van der Waals surface area contributed by atoms with Crippen LogP contribution >= 0.6 is 0 Å². The van der Waals surface area contributed by atoms with Gasteiger partial charge in [0.05, 0.1) is 12.8 Å². The van der Waals surface area contributed by atoms with Crippen molar-refractivity contribution in [2.24, 2.45) is 0 Å². The van der Waals surface area contributed by atoms with E-state index in [1.54, 1.807) is 0 Å². The zero-order chi connectivity index (χ0) is 20.8. The molecule has 0 heterocycles. The minimum atomic E-state index is -6.67. The molecule has 0 saturated carbocycles. The first-order chi connectivity index (χ1) is 11.3. The van der Waals surface area contributed by atoms with Crippen LogP contribution in [0.3, 0.4) is 0 Å². The summed E-state index contributed by atoms with van der Waals surface area (Å²) >= 11 is 0. The number of hydrogen-bond acceptors (Lipinski definition) is 0. The molecule has 0 N–H and O–H groups in total. The summed E-state index contributed by atoms with van der Waals surface area (Å²) in [5.41, 5.74) is -11.3. The first-order valence-corrected chi connectivity index (χ1v) is 6.35. The maximum atomic E-state index is 14.0. The van der Waals surface area contributed by atoms with E-state index in [1.165, 1.54) is 0 Å². The van der Waals surface area contributed by atoms with Crippen molar-refractivity contribution in [1.29, 1.82) is 0 Å². The van der Waals surface area contributed by atoms with E-state index in [0.29, 0.717) is 0 Å². The Morgan fingerprint density at radius 2 is 0.808 bits per heavy atom. The van der Waals surface area contributed by atoms with Crippen molar-refractivity contribution in [3.8, 4) is 0 Å². The Bertz CT molecular complexity index is 581. The molecule has 0 nitrogen and oxygen atoms in total. The van der Waals surface area contributed by atoms with Crippen molar-refractivity contribution in [3.63, 3.8) is 0 Å². The number of hydrogen-bond donors (Lipinski definition) is 0. The number of alkyl halides is 13. The summed E-state index contributed by atoms with van der Waals surface area (Å²) in [6, 6.07) is -0.666. The summed E-state index contributed by atoms with van der Waals surface area (Å²) in [7, 11) is 0. The first-order valence-electron chi connectivity index (χ1n) is 6.35. The van der Waals surface area contributed by atoms with Crippen molar-refractivity contribution in [2.45, 2.75) is 43.2 Å². The molecule has 13 heteroatoms. The third-order valence-corrected chi connectivity index (χ3v) is 3.04. The molecule has 0 amide bonds. The summed E-state index contributed by atoms with van der Waals surface area (Å²) < 4.78 is 164. The van der Waals surface area contributed by atoms with Gasteiger partial charge in [0, 0.05) is 5.56 Å². The molecular formula is C13H7F13. The monoisotopic (exact) mass is 410 g/mol. The van der Waals surface area contributed by atoms with Gasteiger partial charge >= 0.3 is 30.4 Å². The van der Waals surface area contributed by atoms with E-state index in [4.69, 9.17) is 0 Å². The maximum absolute atomic E-state index is 14.0. The summed E-state index contributed by atoms with van der Waals surface area (Å²) in [6.45, 7) is 0. The molecule has 1 aromatic carbocycles. The number of rotatable bonds is 3. The lowest BCUT2D eigenvalue weighted by atomic mass is 9.89. The lowest BCUT2D eigenvalue weighted by Crippen LogP contribution is -2.50. The SMILES string of the molecule is FC(F)(F)Cc1cc(CC(F)(F)F)cc(C(F)(C(F)(F)F)C(F)(F)F)c1. The number of halogens is 13. The topological polar surface area (TPSA) is 0 Å². The Hall–Kier alpha value is -1.69. The highest BCUT2D eigenvalue weighted by Gasteiger charge is 2.73. The Morgan fingerprint density at radius 3 is 1.04 bits per heavy atom. The van der Waals surface area contributed by atoms with Gasteiger partial charge in [-0.3, -0.25) is 0 Å². The van der Waals surface area contributed by atoms with Crippen molar-refractivity contribution < 1.29 is 57.1 Å². The van der Waals surface area contributed by atoms with E-state index >= 15 is 0 Å². The second-order valence-electron chi connectivity index (χ2n) is 5.28. The molecule has 0 bridgehead atoms. The molecular weight excluding hydrogens is 403 g/mol. The normalized spacial score (nSPS) is 14.7. The van der Waals surface area contributed by atoms with Crippen LogP contribution in [0.5, 0.6) is 0 Å². The van der Waals surface area contributed by atoms with Crippen LogP contribution in [0, 0.1) is 0 Å². The maximum Gasteiger partial charge on any atom is 0.435 e. The fraction of sp³-hybridized carbons (Fsp3) is 0.538. The molecule has 0 fully saturated rings. The van der Waals surface area contributed by atoms with Crippen LogP contribution in [-0.2, 0) is 18.5 Å². The lowest BCUT2D eigenvalue weighted by Gasteiger charge is -2.31. The molecule has 0 spiro atoms. The second-order valence-corrected chi connectivity index (χ2v) is 5.28. The minimum absolute atomic E-state index is 0.123.